The molecular weight excluding hydrogens is 414 g/mol. The molecule has 0 heterocycles. The molecule has 0 aromatic heterocycles. The second-order valence-electron chi connectivity index (χ2n) is 6.93. The number of amides is 1. The summed E-state index contributed by atoms with van der Waals surface area (Å²) in [6, 6.07) is 6.65. The molecule has 2 aromatic rings. The number of alkyl halides is 1. The minimum absolute atomic E-state index is 0.0445. The predicted octanol–water partition coefficient (Wildman–Crippen LogP) is 5.39. The van der Waals surface area contributed by atoms with Crippen molar-refractivity contribution >= 4 is 29.1 Å². The van der Waals surface area contributed by atoms with Gasteiger partial charge in [0.15, 0.2) is 0 Å². The highest BCUT2D eigenvalue weighted by molar-refractivity contribution is 6.34. The highest BCUT2D eigenvalue weighted by Gasteiger charge is 2.43. The average Bonchev–Trinajstić information content (AvgIpc) is 2.67. The highest BCUT2D eigenvalue weighted by atomic mass is 35.5. The van der Waals surface area contributed by atoms with E-state index >= 15 is 0 Å². The van der Waals surface area contributed by atoms with E-state index in [1.807, 2.05) is 0 Å². The zero-order valence-electron chi connectivity index (χ0n) is 14.7. The van der Waals surface area contributed by atoms with Gasteiger partial charge in [-0.25, -0.2) is 13.2 Å². The predicted molar refractivity (Wildman–Crippen MR) is 101 cm³/mol. The number of benzene rings is 2. The molecule has 0 spiro atoms. The van der Waals surface area contributed by atoms with Gasteiger partial charge < -0.3 is 10.4 Å². The van der Waals surface area contributed by atoms with Gasteiger partial charge in [-0.3, -0.25) is 4.79 Å². The normalized spacial score (nSPS) is 23.3. The number of hydrogen-bond donors (Lipinski definition) is 2. The van der Waals surface area contributed by atoms with Gasteiger partial charge in [0.1, 0.15) is 17.8 Å². The maximum absolute atomic E-state index is 14.0. The number of nitrogens with one attached hydrogen (secondary N) is 1. The molecule has 1 fully saturated rings. The average molecular weight is 432 g/mol. The summed E-state index contributed by atoms with van der Waals surface area (Å²) in [5.74, 6) is -2.25. The van der Waals surface area contributed by atoms with Gasteiger partial charge in [-0.2, -0.15) is 0 Å². The third-order valence-corrected chi connectivity index (χ3v) is 5.87. The van der Waals surface area contributed by atoms with Crippen molar-refractivity contribution in [2.24, 2.45) is 0 Å². The number of halogens is 5. The second-order valence-corrected chi connectivity index (χ2v) is 7.69. The van der Waals surface area contributed by atoms with Crippen LogP contribution >= 0.6 is 23.2 Å². The van der Waals surface area contributed by atoms with Crippen molar-refractivity contribution in [3.05, 3.63) is 69.2 Å². The second kappa shape index (κ2) is 8.31. The molecule has 150 valence electrons. The number of carbonyl (C=O) groups is 1. The SMILES string of the molecule is O=C(NC(c1cccc(F)c1Cl)[C@]1(O)CC[C@@H](F)CC1)c1cccc(F)c1Cl. The zero-order chi connectivity index (χ0) is 20.5. The molecule has 1 aliphatic rings. The molecule has 8 heteroatoms. The van der Waals surface area contributed by atoms with Crippen LogP contribution in [-0.4, -0.2) is 22.8 Å². The van der Waals surface area contributed by atoms with Gasteiger partial charge in [-0.05, 0) is 49.4 Å². The van der Waals surface area contributed by atoms with Gasteiger partial charge >= 0.3 is 0 Å². The molecule has 1 saturated carbocycles. The van der Waals surface area contributed by atoms with Crippen molar-refractivity contribution < 1.29 is 23.1 Å². The Balaban J connectivity index is 2.00. The Kier molecular flexibility index (Phi) is 6.22. The van der Waals surface area contributed by atoms with Crippen molar-refractivity contribution in [1.82, 2.24) is 5.32 Å². The summed E-state index contributed by atoms with van der Waals surface area (Å²) >= 11 is 12.0. The number of hydrogen-bond acceptors (Lipinski definition) is 2. The summed E-state index contributed by atoms with van der Waals surface area (Å²) in [4.78, 5) is 12.8. The highest BCUT2D eigenvalue weighted by Crippen LogP contribution is 2.42. The first-order chi connectivity index (χ1) is 13.2. The standard InChI is InChI=1S/C20H18Cl2F3NO2/c21-16-12(3-1-5-14(16)24)18(20(28)9-7-11(23)8-10-20)26-19(27)13-4-2-6-15(25)17(13)22/h1-6,11,18,28H,7-10H2,(H,26,27)/t11-,18?,20+. The van der Waals surface area contributed by atoms with E-state index in [4.69, 9.17) is 23.2 Å². The van der Waals surface area contributed by atoms with Gasteiger partial charge in [0.25, 0.3) is 5.91 Å². The van der Waals surface area contributed by atoms with Gasteiger partial charge in [0, 0.05) is 0 Å². The zero-order valence-corrected chi connectivity index (χ0v) is 16.2. The number of carbonyl (C=O) groups excluding carboxylic acids is 1. The first-order valence-electron chi connectivity index (χ1n) is 8.78. The van der Waals surface area contributed by atoms with Gasteiger partial charge in [-0.15, -0.1) is 0 Å². The van der Waals surface area contributed by atoms with Crippen LogP contribution in [0.25, 0.3) is 0 Å². The van der Waals surface area contributed by atoms with Crippen LogP contribution in [0.2, 0.25) is 10.0 Å². The first kappa shape index (κ1) is 21.0. The number of rotatable bonds is 4. The molecule has 1 amide bonds. The van der Waals surface area contributed by atoms with Crippen LogP contribution in [0, 0.1) is 11.6 Å². The summed E-state index contributed by atoms with van der Waals surface area (Å²) < 4.78 is 41.3. The Morgan fingerprint density at radius 1 is 1.07 bits per heavy atom. The molecule has 1 aliphatic carbocycles. The van der Waals surface area contributed by atoms with E-state index in [1.54, 1.807) is 0 Å². The van der Waals surface area contributed by atoms with Gasteiger partial charge in [-0.1, -0.05) is 41.4 Å². The molecule has 0 saturated heterocycles. The minimum Gasteiger partial charge on any atom is -0.387 e. The van der Waals surface area contributed by atoms with E-state index in [1.165, 1.54) is 24.3 Å². The van der Waals surface area contributed by atoms with E-state index in [0.717, 1.165) is 12.1 Å². The van der Waals surface area contributed by atoms with Crippen LogP contribution in [0.15, 0.2) is 36.4 Å². The van der Waals surface area contributed by atoms with E-state index in [9.17, 15) is 23.1 Å². The van der Waals surface area contributed by atoms with Crippen LogP contribution < -0.4 is 5.32 Å². The summed E-state index contributed by atoms with van der Waals surface area (Å²) in [6.45, 7) is 0. The molecule has 0 radical (unpaired) electrons. The topological polar surface area (TPSA) is 49.3 Å². The molecule has 0 aliphatic heterocycles. The van der Waals surface area contributed by atoms with Gasteiger partial charge in [0.05, 0.1) is 27.3 Å². The van der Waals surface area contributed by atoms with Gasteiger partial charge in [0.2, 0.25) is 0 Å². The van der Waals surface area contributed by atoms with Crippen molar-refractivity contribution in [1.29, 1.82) is 0 Å². The minimum atomic E-state index is -1.55. The van der Waals surface area contributed by atoms with Crippen LogP contribution in [0.5, 0.6) is 0 Å². The Morgan fingerprint density at radius 3 is 2.29 bits per heavy atom. The molecule has 3 rings (SSSR count). The Bertz CT molecular complexity index is 886. The van der Waals surface area contributed by atoms with Crippen molar-refractivity contribution in [2.75, 3.05) is 0 Å². The van der Waals surface area contributed by atoms with Crippen LogP contribution in [0.1, 0.15) is 47.6 Å². The molecular formula is C20H18Cl2F3NO2. The van der Waals surface area contributed by atoms with Crippen molar-refractivity contribution in [3.63, 3.8) is 0 Å². The lowest BCUT2D eigenvalue weighted by Gasteiger charge is -2.41. The fourth-order valence-electron chi connectivity index (χ4n) is 3.50. The lowest BCUT2D eigenvalue weighted by atomic mass is 9.76. The molecule has 3 nitrogen and oxygen atoms in total. The third-order valence-electron chi connectivity index (χ3n) is 5.08. The fraction of sp³-hybridized carbons (Fsp3) is 0.350. The summed E-state index contributed by atoms with van der Waals surface area (Å²) in [7, 11) is 0. The van der Waals surface area contributed by atoms with Crippen LogP contribution in [-0.2, 0) is 0 Å². The van der Waals surface area contributed by atoms with Crippen LogP contribution in [0.4, 0.5) is 13.2 Å². The maximum Gasteiger partial charge on any atom is 0.253 e. The first-order valence-corrected chi connectivity index (χ1v) is 9.54. The largest absolute Gasteiger partial charge is 0.387 e. The summed E-state index contributed by atoms with van der Waals surface area (Å²) in [5.41, 5.74) is -1.53. The van der Waals surface area contributed by atoms with E-state index in [0.29, 0.717) is 0 Å². The summed E-state index contributed by atoms with van der Waals surface area (Å²) in [5, 5.41) is 13.1. The number of aliphatic hydroxyl groups is 1. The van der Waals surface area contributed by atoms with E-state index in [-0.39, 0.29) is 46.9 Å². The summed E-state index contributed by atoms with van der Waals surface area (Å²) in [6.07, 6.45) is -0.782. The van der Waals surface area contributed by atoms with Crippen molar-refractivity contribution in [3.8, 4) is 0 Å². The molecule has 1 unspecified atom stereocenters. The van der Waals surface area contributed by atoms with Crippen molar-refractivity contribution in [2.45, 2.75) is 43.5 Å². The molecule has 0 bridgehead atoms. The molecule has 2 N–H and O–H groups in total. The lowest BCUT2D eigenvalue weighted by molar-refractivity contribution is -0.0445. The fourth-order valence-corrected chi connectivity index (χ4v) is 3.95. The molecule has 1 atom stereocenters. The van der Waals surface area contributed by atoms with Crippen LogP contribution in [0.3, 0.4) is 0 Å². The Labute approximate surface area is 170 Å². The lowest BCUT2D eigenvalue weighted by Crippen LogP contribution is -2.48. The monoisotopic (exact) mass is 431 g/mol. The third kappa shape index (κ3) is 4.14. The quantitative estimate of drug-likeness (QED) is 0.681. The molecule has 2 aromatic carbocycles. The Hall–Kier alpha value is -1.76. The van der Waals surface area contributed by atoms with E-state index < -0.39 is 35.4 Å². The van der Waals surface area contributed by atoms with E-state index in [2.05, 4.69) is 5.32 Å². The maximum atomic E-state index is 14.0. The molecule has 28 heavy (non-hydrogen) atoms. The smallest absolute Gasteiger partial charge is 0.253 e. The Morgan fingerprint density at radius 2 is 1.64 bits per heavy atom.